The number of aryl methyl sites for hydroxylation is 1. The maximum Gasteiger partial charge on any atom is 0.317 e. The maximum absolute atomic E-state index is 13.1. The van der Waals surface area contributed by atoms with Gasteiger partial charge in [-0.25, -0.2) is 14.8 Å². The topological polar surface area (TPSA) is 89.4 Å². The van der Waals surface area contributed by atoms with E-state index in [9.17, 15) is 9.59 Å². The molecule has 2 amide bonds. The van der Waals surface area contributed by atoms with Gasteiger partial charge in [0.15, 0.2) is 5.65 Å². The monoisotopic (exact) mass is 413 g/mol. The molecule has 8 heteroatoms. The lowest BCUT2D eigenvalue weighted by Gasteiger charge is -2.38. The number of likely N-dealkylation sites (tertiary alicyclic amines) is 1. The zero-order valence-electron chi connectivity index (χ0n) is 17.9. The maximum atomic E-state index is 13.1. The minimum Gasteiger partial charge on any atom is -0.466 e. The average Bonchev–Trinajstić information content (AvgIpc) is 3.32. The van der Waals surface area contributed by atoms with Gasteiger partial charge in [0.2, 0.25) is 0 Å². The van der Waals surface area contributed by atoms with Gasteiger partial charge >= 0.3 is 12.0 Å². The Morgan fingerprint density at radius 3 is 2.87 bits per heavy atom. The third-order valence-corrected chi connectivity index (χ3v) is 6.41. The molecule has 0 spiro atoms. The van der Waals surface area contributed by atoms with Crippen molar-refractivity contribution in [2.24, 2.45) is 0 Å². The number of hydrogen-bond donors (Lipinski definition) is 1. The van der Waals surface area contributed by atoms with Crippen molar-refractivity contribution in [3.05, 3.63) is 24.2 Å². The largest absolute Gasteiger partial charge is 0.466 e. The predicted octanol–water partition coefficient (Wildman–Crippen LogP) is 3.35. The Labute approximate surface area is 177 Å². The number of esters is 1. The van der Waals surface area contributed by atoms with E-state index in [-0.39, 0.29) is 24.5 Å². The molecule has 1 N–H and O–H groups in total. The van der Waals surface area contributed by atoms with Crippen molar-refractivity contribution < 1.29 is 14.3 Å². The van der Waals surface area contributed by atoms with E-state index in [0.717, 1.165) is 55.5 Å². The summed E-state index contributed by atoms with van der Waals surface area (Å²) in [4.78, 5) is 36.3. The highest BCUT2D eigenvalue weighted by atomic mass is 16.5. The molecule has 162 valence electrons. The van der Waals surface area contributed by atoms with Gasteiger partial charge in [-0.05, 0) is 45.2 Å². The summed E-state index contributed by atoms with van der Waals surface area (Å²) in [5.74, 6) is 0.688. The van der Waals surface area contributed by atoms with Crippen LogP contribution in [0.5, 0.6) is 0 Å². The van der Waals surface area contributed by atoms with Gasteiger partial charge in [-0.1, -0.05) is 19.3 Å². The van der Waals surface area contributed by atoms with Crippen LogP contribution < -0.4 is 5.32 Å². The molecule has 30 heavy (non-hydrogen) atoms. The summed E-state index contributed by atoms with van der Waals surface area (Å²) in [6.45, 7) is 5.46. The van der Waals surface area contributed by atoms with Crippen LogP contribution >= 0.6 is 0 Å². The number of imidazole rings is 1. The Balaban J connectivity index is 1.46. The third kappa shape index (κ3) is 4.13. The molecule has 1 aliphatic heterocycles. The van der Waals surface area contributed by atoms with E-state index in [1.807, 2.05) is 30.9 Å². The van der Waals surface area contributed by atoms with E-state index in [1.165, 1.54) is 0 Å². The van der Waals surface area contributed by atoms with Crippen LogP contribution in [0.2, 0.25) is 0 Å². The van der Waals surface area contributed by atoms with E-state index in [1.54, 1.807) is 6.20 Å². The lowest BCUT2D eigenvalue weighted by atomic mass is 9.79. The van der Waals surface area contributed by atoms with Crippen molar-refractivity contribution in [2.45, 2.75) is 70.4 Å². The van der Waals surface area contributed by atoms with Crippen molar-refractivity contribution in [2.75, 3.05) is 19.7 Å². The first-order chi connectivity index (χ1) is 14.5. The van der Waals surface area contributed by atoms with Gasteiger partial charge in [0.05, 0.1) is 24.6 Å². The molecule has 0 bridgehead atoms. The Kier molecular flexibility index (Phi) is 5.92. The van der Waals surface area contributed by atoms with E-state index in [0.29, 0.717) is 19.7 Å². The van der Waals surface area contributed by atoms with E-state index in [2.05, 4.69) is 19.9 Å². The van der Waals surface area contributed by atoms with Crippen LogP contribution in [-0.4, -0.2) is 56.7 Å². The van der Waals surface area contributed by atoms with E-state index in [4.69, 9.17) is 4.74 Å². The molecule has 1 saturated heterocycles. The Bertz CT molecular complexity index is 919. The highest BCUT2D eigenvalue weighted by Crippen LogP contribution is 2.33. The Morgan fingerprint density at radius 1 is 1.30 bits per heavy atom. The second-order valence-electron chi connectivity index (χ2n) is 8.52. The fourth-order valence-electron chi connectivity index (χ4n) is 4.99. The molecule has 1 aliphatic carbocycles. The van der Waals surface area contributed by atoms with Crippen LogP contribution in [0.15, 0.2) is 18.3 Å². The minimum atomic E-state index is -0.487. The first kappa shape index (κ1) is 20.6. The number of nitrogens with one attached hydrogen (secondary N) is 1. The fraction of sp³-hybridized carbons (Fsp3) is 0.636. The summed E-state index contributed by atoms with van der Waals surface area (Å²) in [5, 5.41) is 3.23. The number of amides is 2. The standard InChI is InChI=1S/C22H31N5O3/c1-3-30-19(28)14-22(10-5-4-6-11-22)25-21(29)26-13-9-17(15-26)27-16(2)24-18-8-7-12-23-20(18)27/h7-8,12,17H,3-6,9-11,13-15H2,1-2H3,(H,25,29)/t17-/m1/s1. The summed E-state index contributed by atoms with van der Waals surface area (Å²) in [6.07, 6.45) is 7.73. The summed E-state index contributed by atoms with van der Waals surface area (Å²) >= 11 is 0. The molecule has 0 aromatic carbocycles. The molecule has 2 fully saturated rings. The van der Waals surface area contributed by atoms with Gasteiger partial charge in [0, 0.05) is 19.3 Å². The van der Waals surface area contributed by atoms with E-state index >= 15 is 0 Å². The first-order valence-corrected chi connectivity index (χ1v) is 11.0. The Hall–Kier alpha value is -2.64. The third-order valence-electron chi connectivity index (χ3n) is 6.41. The predicted molar refractivity (Wildman–Crippen MR) is 113 cm³/mol. The minimum absolute atomic E-state index is 0.0845. The zero-order chi connectivity index (χ0) is 21.1. The lowest BCUT2D eigenvalue weighted by molar-refractivity contribution is -0.145. The molecular formula is C22H31N5O3. The normalized spacial score (nSPS) is 21.0. The van der Waals surface area contributed by atoms with Crippen molar-refractivity contribution in [1.29, 1.82) is 0 Å². The quantitative estimate of drug-likeness (QED) is 0.760. The number of aromatic nitrogens is 3. The lowest BCUT2D eigenvalue weighted by Crippen LogP contribution is -2.55. The highest BCUT2D eigenvalue weighted by molar-refractivity contribution is 5.78. The van der Waals surface area contributed by atoms with Crippen molar-refractivity contribution >= 4 is 23.2 Å². The number of carbonyl (C=O) groups excluding carboxylic acids is 2. The van der Waals surface area contributed by atoms with Gasteiger partial charge < -0.3 is 19.5 Å². The molecule has 2 aromatic rings. The van der Waals surface area contributed by atoms with Gasteiger partial charge in [0.1, 0.15) is 11.3 Å². The molecule has 1 saturated carbocycles. The number of hydrogen-bond acceptors (Lipinski definition) is 5. The molecule has 8 nitrogen and oxygen atoms in total. The van der Waals surface area contributed by atoms with Gasteiger partial charge in [-0.3, -0.25) is 4.79 Å². The number of urea groups is 1. The van der Waals surface area contributed by atoms with Crippen LogP contribution in [0.1, 0.15) is 63.7 Å². The van der Waals surface area contributed by atoms with Crippen molar-refractivity contribution in [3.63, 3.8) is 0 Å². The number of pyridine rings is 1. The van der Waals surface area contributed by atoms with Crippen LogP contribution in [0, 0.1) is 6.92 Å². The summed E-state index contributed by atoms with van der Waals surface area (Å²) < 4.78 is 7.33. The highest BCUT2D eigenvalue weighted by Gasteiger charge is 2.39. The fourth-order valence-corrected chi connectivity index (χ4v) is 4.99. The number of ether oxygens (including phenoxy) is 1. The summed E-state index contributed by atoms with van der Waals surface area (Å²) in [7, 11) is 0. The SMILES string of the molecule is CCOC(=O)CC1(NC(=O)N2CC[C@@H](n3c(C)nc4cccnc43)C2)CCCCC1. The van der Waals surface area contributed by atoms with Gasteiger partial charge in [0.25, 0.3) is 0 Å². The average molecular weight is 414 g/mol. The van der Waals surface area contributed by atoms with Gasteiger partial charge in [-0.2, -0.15) is 0 Å². The van der Waals surface area contributed by atoms with Crippen LogP contribution in [-0.2, 0) is 9.53 Å². The molecule has 0 radical (unpaired) electrons. The number of rotatable bonds is 5. The second-order valence-corrected chi connectivity index (χ2v) is 8.52. The molecule has 3 heterocycles. The number of carbonyl (C=O) groups is 2. The molecular weight excluding hydrogens is 382 g/mol. The summed E-state index contributed by atoms with van der Waals surface area (Å²) in [5.41, 5.74) is 1.26. The molecule has 4 rings (SSSR count). The molecule has 2 aromatic heterocycles. The van der Waals surface area contributed by atoms with Crippen molar-refractivity contribution in [3.8, 4) is 0 Å². The van der Waals surface area contributed by atoms with Gasteiger partial charge in [-0.15, -0.1) is 0 Å². The van der Waals surface area contributed by atoms with Crippen LogP contribution in [0.3, 0.4) is 0 Å². The second kappa shape index (κ2) is 8.62. The molecule has 0 unspecified atom stereocenters. The smallest absolute Gasteiger partial charge is 0.317 e. The van der Waals surface area contributed by atoms with Crippen molar-refractivity contribution in [1.82, 2.24) is 24.8 Å². The molecule has 1 atom stereocenters. The van der Waals surface area contributed by atoms with Crippen LogP contribution in [0.25, 0.3) is 11.2 Å². The first-order valence-electron chi connectivity index (χ1n) is 11.0. The number of nitrogens with zero attached hydrogens (tertiary/aromatic N) is 4. The Morgan fingerprint density at radius 2 is 2.10 bits per heavy atom. The van der Waals surface area contributed by atoms with Crippen LogP contribution in [0.4, 0.5) is 4.79 Å². The summed E-state index contributed by atoms with van der Waals surface area (Å²) in [6, 6.07) is 3.93. The zero-order valence-corrected chi connectivity index (χ0v) is 17.9. The molecule has 2 aliphatic rings. The van der Waals surface area contributed by atoms with E-state index < -0.39 is 5.54 Å². The number of fused-ring (bicyclic) bond motifs is 1.